The predicted octanol–water partition coefficient (Wildman–Crippen LogP) is 5.34. The molecule has 8 heteroatoms. The van der Waals surface area contributed by atoms with E-state index in [1.807, 2.05) is 42.5 Å². The predicted molar refractivity (Wildman–Crippen MR) is 151 cm³/mol. The van der Waals surface area contributed by atoms with Crippen LogP contribution in [-0.2, 0) is 4.79 Å². The molecule has 2 saturated carbocycles. The fourth-order valence-corrected chi connectivity index (χ4v) is 5.42. The lowest BCUT2D eigenvalue weighted by molar-refractivity contribution is -0.132. The van der Waals surface area contributed by atoms with E-state index >= 15 is 0 Å². The number of aliphatic carboxylic acids is 1. The Morgan fingerprint density at radius 2 is 1.82 bits per heavy atom. The first-order chi connectivity index (χ1) is 18.3. The number of carbonyl (C=O) groups is 1. The number of hydrazine groups is 1. The summed E-state index contributed by atoms with van der Waals surface area (Å²) in [5.74, 6) is 5.81. The average Bonchev–Trinajstić information content (AvgIpc) is 3.70. The summed E-state index contributed by atoms with van der Waals surface area (Å²) in [5.41, 5.74) is 9.90. The number of nitrogens with two attached hydrogens (primary N) is 2. The fourth-order valence-electron chi connectivity index (χ4n) is 5.42. The molecule has 2 aliphatic rings. The van der Waals surface area contributed by atoms with Crippen LogP contribution in [0.3, 0.4) is 0 Å². The number of carboxylic acids is 1. The highest BCUT2D eigenvalue weighted by molar-refractivity contribution is 6.09. The molecule has 0 aromatic heterocycles. The van der Waals surface area contributed by atoms with E-state index in [-0.39, 0.29) is 23.5 Å². The minimum atomic E-state index is -1.15. The lowest BCUT2D eigenvalue weighted by Gasteiger charge is -2.28. The van der Waals surface area contributed by atoms with Crippen LogP contribution in [0.5, 0.6) is 5.75 Å². The lowest BCUT2D eigenvalue weighted by Crippen LogP contribution is -2.25. The van der Waals surface area contributed by atoms with Gasteiger partial charge >= 0.3 is 5.97 Å². The zero-order valence-corrected chi connectivity index (χ0v) is 22.2. The standard InChI is InChI=1S/C30H39N5O3/c1-19(20-8-4-3-5-9-20)38-24-13-7-11-22(15-24)21-10-6-12-23(14-21)34-29(27(17-31)30(36)37)26-16-25(26)28(32)18-35(2)33/h6-7,10-15,17-20,25-26,31,34H,3-5,8-9,16,32-33H2,1-2H3,(H,36,37)/b28-18-,29-27+,31-17?. The second-order valence-electron chi connectivity index (χ2n) is 10.5. The Bertz CT molecular complexity index is 1220. The summed E-state index contributed by atoms with van der Waals surface area (Å²) in [6, 6.07) is 15.9. The summed E-state index contributed by atoms with van der Waals surface area (Å²) in [6.45, 7) is 2.17. The molecule has 0 heterocycles. The highest BCUT2D eigenvalue weighted by Gasteiger charge is 2.44. The third-order valence-corrected chi connectivity index (χ3v) is 7.55. The maximum absolute atomic E-state index is 11.9. The molecular weight excluding hydrogens is 478 g/mol. The van der Waals surface area contributed by atoms with Crippen LogP contribution >= 0.6 is 0 Å². The summed E-state index contributed by atoms with van der Waals surface area (Å²) in [4.78, 5) is 11.9. The number of rotatable bonds is 11. The molecular formula is C30H39N5O3. The molecule has 2 aromatic rings. The van der Waals surface area contributed by atoms with Crippen LogP contribution < -0.4 is 21.6 Å². The van der Waals surface area contributed by atoms with Crippen LogP contribution in [0.1, 0.15) is 45.4 Å². The van der Waals surface area contributed by atoms with Crippen LogP contribution in [-0.4, -0.2) is 35.5 Å². The molecule has 3 unspecified atom stereocenters. The summed E-state index contributed by atoms with van der Waals surface area (Å²) >= 11 is 0. The summed E-state index contributed by atoms with van der Waals surface area (Å²) in [5, 5.41) is 22.2. The van der Waals surface area contributed by atoms with Gasteiger partial charge in [-0.2, -0.15) is 0 Å². The van der Waals surface area contributed by atoms with Crippen molar-refractivity contribution < 1.29 is 14.6 Å². The van der Waals surface area contributed by atoms with Gasteiger partial charge in [-0.1, -0.05) is 43.5 Å². The van der Waals surface area contributed by atoms with E-state index in [9.17, 15) is 9.90 Å². The van der Waals surface area contributed by atoms with Gasteiger partial charge in [-0.25, -0.2) is 10.6 Å². The van der Waals surface area contributed by atoms with Gasteiger partial charge in [0.15, 0.2) is 0 Å². The molecule has 4 rings (SSSR count). The minimum Gasteiger partial charge on any atom is -0.490 e. The maximum atomic E-state index is 11.9. The zero-order chi connectivity index (χ0) is 27.2. The molecule has 38 heavy (non-hydrogen) atoms. The van der Waals surface area contributed by atoms with Crippen LogP contribution in [0, 0.1) is 23.2 Å². The molecule has 0 bridgehead atoms. The van der Waals surface area contributed by atoms with Gasteiger partial charge in [-0.3, -0.25) is 0 Å². The van der Waals surface area contributed by atoms with Crippen molar-refractivity contribution in [3.05, 3.63) is 71.7 Å². The van der Waals surface area contributed by atoms with Crippen molar-refractivity contribution in [3.63, 3.8) is 0 Å². The minimum absolute atomic E-state index is 0.0408. The maximum Gasteiger partial charge on any atom is 0.339 e. The molecule has 0 spiro atoms. The van der Waals surface area contributed by atoms with Gasteiger partial charge in [0.25, 0.3) is 0 Å². The highest BCUT2D eigenvalue weighted by Crippen LogP contribution is 2.48. The van der Waals surface area contributed by atoms with Crippen LogP contribution in [0.25, 0.3) is 11.1 Å². The number of allylic oxidation sites excluding steroid dienone is 2. The summed E-state index contributed by atoms with van der Waals surface area (Å²) in [6.07, 6.45) is 9.72. The number of benzene rings is 2. The number of anilines is 1. The van der Waals surface area contributed by atoms with Crippen molar-refractivity contribution in [3.8, 4) is 16.9 Å². The Morgan fingerprint density at radius 3 is 2.47 bits per heavy atom. The number of nitrogens with zero attached hydrogens (tertiary/aromatic N) is 1. The third kappa shape index (κ3) is 6.75. The lowest BCUT2D eigenvalue weighted by atomic mass is 9.86. The van der Waals surface area contributed by atoms with Crippen molar-refractivity contribution in [2.45, 2.75) is 51.6 Å². The van der Waals surface area contributed by atoms with Crippen molar-refractivity contribution in [2.75, 3.05) is 12.4 Å². The van der Waals surface area contributed by atoms with Gasteiger partial charge in [0, 0.05) is 48.4 Å². The van der Waals surface area contributed by atoms with Gasteiger partial charge in [-0.05, 0) is 67.5 Å². The third-order valence-electron chi connectivity index (χ3n) is 7.55. The smallest absolute Gasteiger partial charge is 0.339 e. The Balaban J connectivity index is 1.54. The number of hydrogen-bond donors (Lipinski definition) is 5. The number of ether oxygens (including phenoxy) is 1. The summed E-state index contributed by atoms with van der Waals surface area (Å²) < 4.78 is 6.34. The SMILES string of the molecule is CC(Oc1cccc(-c2cccc(N/C(=C(\C=N)C(=O)O)C3CC3/C(N)=C/N(C)N)c2)c1)C1CCCCC1. The fraction of sp³-hybridized carbons (Fsp3) is 0.400. The van der Waals surface area contributed by atoms with Gasteiger partial charge in [0.05, 0.1) is 11.7 Å². The topological polar surface area (TPSA) is 138 Å². The molecule has 8 nitrogen and oxygen atoms in total. The number of nitrogens with one attached hydrogen (secondary N) is 2. The van der Waals surface area contributed by atoms with E-state index in [2.05, 4.69) is 18.3 Å². The molecule has 3 atom stereocenters. The largest absolute Gasteiger partial charge is 0.490 e. The Morgan fingerprint density at radius 1 is 1.13 bits per heavy atom. The normalized spacial score (nSPS) is 21.2. The molecule has 0 saturated heterocycles. The molecule has 2 fully saturated rings. The second-order valence-corrected chi connectivity index (χ2v) is 10.5. The van der Waals surface area contributed by atoms with Crippen molar-refractivity contribution in [2.24, 2.45) is 29.3 Å². The van der Waals surface area contributed by atoms with Gasteiger partial charge in [-0.15, -0.1) is 0 Å². The van der Waals surface area contributed by atoms with E-state index < -0.39 is 5.97 Å². The van der Waals surface area contributed by atoms with Crippen molar-refractivity contribution in [1.82, 2.24) is 5.01 Å². The molecule has 0 aliphatic heterocycles. The van der Waals surface area contributed by atoms with Crippen LogP contribution in [0.2, 0.25) is 0 Å². The van der Waals surface area contributed by atoms with Crippen LogP contribution in [0.15, 0.2) is 71.7 Å². The molecule has 7 N–H and O–H groups in total. The monoisotopic (exact) mass is 517 g/mol. The molecule has 0 radical (unpaired) electrons. The van der Waals surface area contributed by atoms with Crippen molar-refractivity contribution in [1.29, 1.82) is 5.41 Å². The van der Waals surface area contributed by atoms with E-state index in [4.69, 9.17) is 21.7 Å². The Hall–Kier alpha value is -3.78. The molecule has 2 aliphatic carbocycles. The highest BCUT2D eigenvalue weighted by atomic mass is 16.5. The second kappa shape index (κ2) is 12.2. The average molecular weight is 518 g/mol. The number of hydrogen-bond acceptors (Lipinski definition) is 7. The first kappa shape index (κ1) is 27.3. The zero-order valence-electron chi connectivity index (χ0n) is 22.2. The van der Waals surface area contributed by atoms with Gasteiger partial charge in [0.2, 0.25) is 0 Å². The molecule has 2 aromatic carbocycles. The Kier molecular flexibility index (Phi) is 8.73. The van der Waals surface area contributed by atoms with E-state index in [0.717, 1.165) is 28.8 Å². The van der Waals surface area contributed by atoms with Crippen LogP contribution in [0.4, 0.5) is 5.69 Å². The first-order valence-corrected chi connectivity index (χ1v) is 13.3. The summed E-state index contributed by atoms with van der Waals surface area (Å²) in [7, 11) is 1.68. The number of carboxylic acid groups (broad SMARTS) is 1. The van der Waals surface area contributed by atoms with E-state index in [1.54, 1.807) is 13.2 Å². The van der Waals surface area contributed by atoms with E-state index in [1.165, 1.54) is 37.1 Å². The van der Waals surface area contributed by atoms with Crippen molar-refractivity contribution >= 4 is 17.9 Å². The van der Waals surface area contributed by atoms with Gasteiger partial charge in [0.1, 0.15) is 5.75 Å². The Labute approximate surface area is 224 Å². The van der Waals surface area contributed by atoms with E-state index in [0.29, 0.717) is 23.7 Å². The first-order valence-electron chi connectivity index (χ1n) is 13.3. The molecule has 0 amide bonds. The van der Waals surface area contributed by atoms with Gasteiger partial charge < -0.3 is 31.3 Å². The quantitative estimate of drug-likeness (QED) is 0.117. The molecule has 202 valence electrons.